The lowest BCUT2D eigenvalue weighted by atomic mass is 10.0. The lowest BCUT2D eigenvalue weighted by molar-refractivity contribution is 0.0564. The number of aryl methyl sites for hydroxylation is 1. The molecule has 0 aliphatic carbocycles. The highest BCUT2D eigenvalue weighted by Crippen LogP contribution is 2.41. The van der Waals surface area contributed by atoms with Crippen LogP contribution >= 0.6 is 11.3 Å². The normalized spacial score (nSPS) is 13.8. The Balaban J connectivity index is 1.61. The van der Waals surface area contributed by atoms with E-state index in [1.54, 1.807) is 23.2 Å². The van der Waals surface area contributed by atoms with Crippen LogP contribution in [0.1, 0.15) is 11.3 Å². The molecule has 1 aliphatic rings. The van der Waals surface area contributed by atoms with E-state index < -0.39 is 0 Å². The largest absolute Gasteiger partial charge is 0.378 e. The van der Waals surface area contributed by atoms with Crippen LogP contribution in [0.25, 0.3) is 32.7 Å². The number of H-pyrrole nitrogens is 1. The third-order valence-electron chi connectivity index (χ3n) is 5.19. The van der Waals surface area contributed by atoms with Gasteiger partial charge in [-0.05, 0) is 25.1 Å². The van der Waals surface area contributed by atoms with Gasteiger partial charge in [-0.15, -0.1) is 0 Å². The van der Waals surface area contributed by atoms with Crippen LogP contribution < -0.4 is 5.32 Å². The third kappa shape index (κ3) is 3.79. The van der Waals surface area contributed by atoms with Crippen molar-refractivity contribution in [2.75, 3.05) is 31.6 Å². The zero-order valence-corrected chi connectivity index (χ0v) is 18.1. The summed E-state index contributed by atoms with van der Waals surface area (Å²) in [5, 5.41) is 19.9. The van der Waals surface area contributed by atoms with Crippen LogP contribution in [-0.4, -0.2) is 57.4 Å². The lowest BCUT2D eigenvalue weighted by Crippen LogP contribution is -2.43. The molecule has 1 aromatic carbocycles. The first kappa shape index (κ1) is 20.1. The summed E-state index contributed by atoms with van der Waals surface area (Å²) >= 11 is 1.38. The highest BCUT2D eigenvalue weighted by atomic mass is 32.1. The highest BCUT2D eigenvalue weighted by molar-refractivity contribution is 7.19. The van der Waals surface area contributed by atoms with Gasteiger partial charge in [0, 0.05) is 29.9 Å². The number of urea groups is 1. The molecule has 3 aromatic heterocycles. The Morgan fingerprint density at radius 1 is 1.28 bits per heavy atom. The van der Waals surface area contributed by atoms with Crippen molar-refractivity contribution < 1.29 is 9.53 Å². The van der Waals surface area contributed by atoms with Crippen molar-refractivity contribution in [2.24, 2.45) is 0 Å². The van der Waals surface area contributed by atoms with Crippen molar-refractivity contribution in [1.82, 2.24) is 25.1 Å². The number of carbonyl (C=O) groups excluding carboxylic acids is 1. The van der Waals surface area contributed by atoms with Crippen LogP contribution in [-0.2, 0) is 4.74 Å². The van der Waals surface area contributed by atoms with Gasteiger partial charge in [0.2, 0.25) is 0 Å². The fourth-order valence-corrected chi connectivity index (χ4v) is 4.67. The van der Waals surface area contributed by atoms with Crippen LogP contribution in [0.3, 0.4) is 0 Å². The molecule has 1 fully saturated rings. The van der Waals surface area contributed by atoms with E-state index in [1.165, 1.54) is 11.3 Å². The van der Waals surface area contributed by atoms with E-state index in [-0.39, 0.29) is 6.03 Å². The number of pyridine rings is 1. The van der Waals surface area contributed by atoms with Gasteiger partial charge in [-0.2, -0.15) is 10.4 Å². The summed E-state index contributed by atoms with van der Waals surface area (Å²) in [6.07, 6.45) is 1.68. The number of hydrogen-bond acceptors (Lipinski definition) is 7. The van der Waals surface area contributed by atoms with Crippen molar-refractivity contribution in [2.45, 2.75) is 6.92 Å². The van der Waals surface area contributed by atoms with E-state index in [0.717, 1.165) is 32.7 Å². The maximum absolute atomic E-state index is 12.7. The van der Waals surface area contributed by atoms with Crippen LogP contribution in [0.2, 0.25) is 0 Å². The van der Waals surface area contributed by atoms with Crippen molar-refractivity contribution in [3.05, 3.63) is 47.8 Å². The molecular weight excluding hydrogens is 426 g/mol. The van der Waals surface area contributed by atoms with Crippen LogP contribution in [0.5, 0.6) is 0 Å². The molecule has 1 aliphatic heterocycles. The van der Waals surface area contributed by atoms with Gasteiger partial charge in [0.05, 0.1) is 47.1 Å². The molecule has 0 saturated carbocycles. The minimum absolute atomic E-state index is 0.205. The number of aromatic amines is 1. The molecule has 9 nitrogen and oxygen atoms in total. The molecule has 2 N–H and O–H groups in total. The average molecular weight is 446 g/mol. The molecule has 0 spiro atoms. The van der Waals surface area contributed by atoms with Crippen LogP contribution in [0, 0.1) is 18.3 Å². The number of hydrogen-bond donors (Lipinski definition) is 2. The Bertz CT molecular complexity index is 1350. The predicted molar refractivity (Wildman–Crippen MR) is 121 cm³/mol. The Morgan fingerprint density at radius 3 is 2.94 bits per heavy atom. The summed E-state index contributed by atoms with van der Waals surface area (Å²) in [7, 11) is 0. The summed E-state index contributed by atoms with van der Waals surface area (Å²) in [5.41, 5.74) is 5.31. The number of ether oxygens (including phenoxy) is 1. The maximum atomic E-state index is 12.7. The average Bonchev–Trinajstić information content (AvgIpc) is 3.46. The van der Waals surface area contributed by atoms with Gasteiger partial charge in [-0.25, -0.2) is 14.8 Å². The third-order valence-corrected chi connectivity index (χ3v) is 6.19. The molecule has 5 rings (SSSR count). The second-order valence-corrected chi connectivity index (χ2v) is 8.36. The summed E-state index contributed by atoms with van der Waals surface area (Å²) in [6, 6.07) is 11.2. The first-order valence-corrected chi connectivity index (χ1v) is 10.9. The van der Waals surface area contributed by atoms with E-state index in [4.69, 9.17) is 9.72 Å². The lowest BCUT2D eigenvalue weighted by Gasteiger charge is -2.26. The molecule has 32 heavy (non-hydrogen) atoms. The molecule has 0 unspecified atom stereocenters. The molecule has 4 heterocycles. The van der Waals surface area contributed by atoms with Crippen molar-refractivity contribution in [1.29, 1.82) is 5.26 Å². The van der Waals surface area contributed by atoms with Gasteiger partial charge in [0.25, 0.3) is 0 Å². The molecule has 4 aromatic rings. The van der Waals surface area contributed by atoms with E-state index in [0.29, 0.717) is 42.7 Å². The molecule has 0 radical (unpaired) electrons. The van der Waals surface area contributed by atoms with Gasteiger partial charge in [-0.3, -0.25) is 10.4 Å². The van der Waals surface area contributed by atoms with Crippen molar-refractivity contribution in [3.63, 3.8) is 0 Å². The number of morpholine rings is 1. The van der Waals surface area contributed by atoms with E-state index in [1.807, 2.05) is 25.1 Å². The van der Waals surface area contributed by atoms with Gasteiger partial charge in [-0.1, -0.05) is 23.5 Å². The molecular formula is C22H19N7O2S. The van der Waals surface area contributed by atoms with E-state index in [9.17, 15) is 10.1 Å². The maximum Gasteiger partial charge on any atom is 0.323 e. The van der Waals surface area contributed by atoms with E-state index >= 15 is 0 Å². The Morgan fingerprint density at radius 2 is 2.12 bits per heavy atom. The molecule has 10 heteroatoms. The summed E-state index contributed by atoms with van der Waals surface area (Å²) in [6.45, 7) is 4.06. The van der Waals surface area contributed by atoms with Crippen molar-refractivity contribution in [3.8, 4) is 27.8 Å². The SMILES string of the molecule is Cc1cc(-c2sc(NC(=O)N3CCOCC3)nc2-c2cccc(C#N)c2)c2[nH]ncc2n1. The number of nitriles is 1. The molecule has 2 amide bonds. The summed E-state index contributed by atoms with van der Waals surface area (Å²) in [4.78, 5) is 24.6. The second-order valence-electron chi connectivity index (χ2n) is 7.36. The fourth-order valence-electron chi connectivity index (χ4n) is 3.67. The first-order valence-electron chi connectivity index (χ1n) is 10.1. The Labute approximate surface area is 187 Å². The first-order chi connectivity index (χ1) is 15.6. The minimum atomic E-state index is -0.205. The predicted octanol–water partition coefficient (Wildman–Crippen LogP) is 3.79. The molecule has 0 atom stereocenters. The molecule has 1 saturated heterocycles. The smallest absolute Gasteiger partial charge is 0.323 e. The number of aromatic nitrogens is 4. The van der Waals surface area contributed by atoms with Gasteiger partial charge >= 0.3 is 6.03 Å². The zero-order valence-electron chi connectivity index (χ0n) is 17.3. The zero-order chi connectivity index (χ0) is 22.1. The highest BCUT2D eigenvalue weighted by Gasteiger charge is 2.22. The van der Waals surface area contributed by atoms with Gasteiger partial charge < -0.3 is 9.64 Å². The second kappa shape index (κ2) is 8.37. The summed E-state index contributed by atoms with van der Waals surface area (Å²) < 4.78 is 5.33. The number of benzene rings is 1. The van der Waals surface area contributed by atoms with Crippen LogP contribution in [0.4, 0.5) is 9.93 Å². The Kier molecular flexibility index (Phi) is 5.26. The number of anilines is 1. The summed E-state index contributed by atoms with van der Waals surface area (Å²) in [5.74, 6) is 0. The standard InChI is InChI=1S/C22H19N7O2S/c1-13-9-16(19-17(25-13)12-24-28-19)20-18(15-4-2-3-14(10-15)11-23)26-21(32-20)27-22(30)29-5-7-31-8-6-29/h2-4,9-10,12H,5-8H2,1H3,(H,24,28)(H,26,27,30). The van der Waals surface area contributed by atoms with E-state index in [2.05, 4.69) is 26.6 Å². The van der Waals surface area contributed by atoms with Gasteiger partial charge in [0.1, 0.15) is 5.52 Å². The monoisotopic (exact) mass is 445 g/mol. The Hall–Kier alpha value is -3.81. The molecule has 0 bridgehead atoms. The number of fused-ring (bicyclic) bond motifs is 1. The van der Waals surface area contributed by atoms with Crippen LogP contribution in [0.15, 0.2) is 36.5 Å². The number of rotatable bonds is 3. The minimum Gasteiger partial charge on any atom is -0.378 e. The van der Waals surface area contributed by atoms with Crippen molar-refractivity contribution >= 4 is 33.5 Å². The topological polar surface area (TPSA) is 120 Å². The molecule has 160 valence electrons. The fraction of sp³-hybridized carbons (Fsp3) is 0.227. The van der Waals surface area contributed by atoms with Gasteiger partial charge in [0.15, 0.2) is 5.13 Å². The number of nitrogens with zero attached hydrogens (tertiary/aromatic N) is 5. The quantitative estimate of drug-likeness (QED) is 0.495. The number of nitrogens with one attached hydrogen (secondary N) is 2. The number of amides is 2. The number of carbonyl (C=O) groups is 1. The number of thiazole rings is 1.